The monoisotopic (exact) mass is 560 g/mol. The first kappa shape index (κ1) is 30.7. The number of esters is 3. The fourth-order valence-electron chi connectivity index (χ4n) is 3.71. The molecular formula is C33H36O6S. The number of aryl methyl sites for hydroxylation is 2. The minimum atomic E-state index is -0.476. The van der Waals surface area contributed by atoms with E-state index in [9.17, 15) is 14.4 Å². The average molecular weight is 561 g/mol. The Hall–Kier alpha value is -3.84. The molecule has 3 aromatic rings. The molecule has 0 saturated carbocycles. The maximum atomic E-state index is 12.7. The van der Waals surface area contributed by atoms with Gasteiger partial charge in [0.2, 0.25) is 0 Å². The van der Waals surface area contributed by atoms with Crippen LogP contribution < -0.4 is 9.47 Å². The Balaban J connectivity index is 1.46. The predicted molar refractivity (Wildman–Crippen MR) is 158 cm³/mol. The zero-order chi connectivity index (χ0) is 28.9. The Kier molecular flexibility index (Phi) is 12.0. The lowest BCUT2D eigenvalue weighted by Gasteiger charge is -2.10. The molecule has 0 aliphatic heterocycles. The average Bonchev–Trinajstić information content (AvgIpc) is 2.95. The molecule has 210 valence electrons. The molecule has 3 aromatic carbocycles. The van der Waals surface area contributed by atoms with Gasteiger partial charge in [-0.05, 0) is 111 Å². The smallest absolute Gasteiger partial charge is 0.343 e. The fraction of sp³-hybridized carbons (Fsp3) is 0.303. The van der Waals surface area contributed by atoms with Crippen LogP contribution in [0.3, 0.4) is 0 Å². The third kappa shape index (κ3) is 9.72. The van der Waals surface area contributed by atoms with Crippen LogP contribution in [-0.2, 0) is 16.0 Å². The van der Waals surface area contributed by atoms with Gasteiger partial charge < -0.3 is 14.2 Å². The van der Waals surface area contributed by atoms with Gasteiger partial charge in [0.05, 0.1) is 17.7 Å². The van der Waals surface area contributed by atoms with E-state index in [0.29, 0.717) is 34.8 Å². The largest absolute Gasteiger partial charge is 0.462 e. The van der Waals surface area contributed by atoms with Gasteiger partial charge in [-0.2, -0.15) is 0 Å². The van der Waals surface area contributed by atoms with Crippen molar-refractivity contribution in [2.24, 2.45) is 0 Å². The SMILES string of the molecule is C=C(C)C(=O)OCCCCSc1ccc(C(=O)Oc2ccc(C(=O)Oc3ccc(CCCC)cc3)cc2)cc1C. The highest BCUT2D eigenvalue weighted by molar-refractivity contribution is 7.99. The van der Waals surface area contributed by atoms with Gasteiger partial charge in [-0.15, -0.1) is 11.8 Å². The van der Waals surface area contributed by atoms with Crippen molar-refractivity contribution in [1.82, 2.24) is 0 Å². The number of rotatable bonds is 14. The maximum Gasteiger partial charge on any atom is 0.343 e. The minimum absolute atomic E-state index is 0.338. The van der Waals surface area contributed by atoms with Crippen molar-refractivity contribution in [3.63, 3.8) is 0 Å². The van der Waals surface area contributed by atoms with Crippen LogP contribution in [0.1, 0.15) is 71.4 Å². The van der Waals surface area contributed by atoms with Gasteiger partial charge in [0, 0.05) is 10.5 Å². The number of hydrogen-bond donors (Lipinski definition) is 0. The van der Waals surface area contributed by atoms with E-state index >= 15 is 0 Å². The van der Waals surface area contributed by atoms with E-state index in [0.717, 1.165) is 48.3 Å². The summed E-state index contributed by atoms with van der Waals surface area (Å²) in [4.78, 5) is 37.7. The van der Waals surface area contributed by atoms with Gasteiger partial charge in [0.15, 0.2) is 0 Å². The van der Waals surface area contributed by atoms with Gasteiger partial charge in [-0.3, -0.25) is 0 Å². The number of thioether (sulfide) groups is 1. The summed E-state index contributed by atoms with van der Waals surface area (Å²) < 4.78 is 16.1. The number of carbonyl (C=O) groups excluding carboxylic acids is 3. The van der Waals surface area contributed by atoms with Crippen molar-refractivity contribution in [1.29, 1.82) is 0 Å². The van der Waals surface area contributed by atoms with Crippen LogP contribution in [0.4, 0.5) is 0 Å². The van der Waals surface area contributed by atoms with Gasteiger partial charge in [0.1, 0.15) is 11.5 Å². The van der Waals surface area contributed by atoms with E-state index < -0.39 is 11.9 Å². The second-order valence-corrected chi connectivity index (χ2v) is 10.6. The first-order chi connectivity index (χ1) is 19.3. The second-order valence-electron chi connectivity index (χ2n) is 9.50. The molecule has 6 nitrogen and oxygen atoms in total. The zero-order valence-corrected chi connectivity index (χ0v) is 24.2. The van der Waals surface area contributed by atoms with E-state index in [1.807, 2.05) is 25.1 Å². The Bertz CT molecular complexity index is 1310. The molecule has 0 unspecified atom stereocenters. The molecule has 0 aromatic heterocycles. The lowest BCUT2D eigenvalue weighted by molar-refractivity contribution is -0.139. The standard InChI is InChI=1S/C33H36O6S/c1-5-6-9-25-10-15-28(16-11-25)38-32(35)26-12-17-29(18-13-26)39-33(36)27-14-19-30(24(4)22-27)40-21-8-7-20-37-31(34)23(2)3/h10-19,22H,2,5-9,20-21H2,1,3-4H3. The van der Waals surface area contributed by atoms with E-state index in [-0.39, 0.29) is 5.97 Å². The molecule has 0 N–H and O–H groups in total. The van der Waals surface area contributed by atoms with Crippen LogP contribution >= 0.6 is 11.8 Å². The molecular weight excluding hydrogens is 524 g/mol. The van der Waals surface area contributed by atoms with Crippen molar-refractivity contribution in [2.75, 3.05) is 12.4 Å². The van der Waals surface area contributed by atoms with Crippen molar-refractivity contribution >= 4 is 29.7 Å². The van der Waals surface area contributed by atoms with Gasteiger partial charge >= 0.3 is 17.9 Å². The highest BCUT2D eigenvalue weighted by atomic mass is 32.2. The van der Waals surface area contributed by atoms with Crippen LogP contribution in [0.5, 0.6) is 11.5 Å². The minimum Gasteiger partial charge on any atom is -0.462 e. The van der Waals surface area contributed by atoms with Crippen molar-refractivity contribution in [2.45, 2.75) is 57.8 Å². The van der Waals surface area contributed by atoms with Crippen molar-refractivity contribution in [3.05, 3.63) is 101 Å². The van der Waals surface area contributed by atoms with Gasteiger partial charge in [-0.25, -0.2) is 14.4 Å². The van der Waals surface area contributed by atoms with Gasteiger partial charge in [-0.1, -0.05) is 32.1 Å². The summed E-state index contributed by atoms with van der Waals surface area (Å²) in [6.45, 7) is 9.68. The molecule has 0 spiro atoms. The predicted octanol–water partition coefficient (Wildman–Crippen LogP) is 7.77. The summed E-state index contributed by atoms with van der Waals surface area (Å²) in [6, 6.07) is 19.3. The Morgan fingerprint density at radius 2 is 1.40 bits per heavy atom. The Labute approximate surface area is 240 Å². The molecule has 0 aliphatic rings. The highest BCUT2D eigenvalue weighted by Gasteiger charge is 2.13. The topological polar surface area (TPSA) is 78.9 Å². The lowest BCUT2D eigenvalue weighted by atomic mass is 10.1. The number of benzene rings is 3. The van der Waals surface area contributed by atoms with Crippen LogP contribution in [0, 0.1) is 6.92 Å². The quantitative estimate of drug-likeness (QED) is 0.0655. The molecule has 0 fully saturated rings. The first-order valence-electron chi connectivity index (χ1n) is 13.5. The molecule has 0 radical (unpaired) electrons. The van der Waals surface area contributed by atoms with Crippen LogP contribution in [-0.4, -0.2) is 30.3 Å². The van der Waals surface area contributed by atoms with E-state index in [4.69, 9.17) is 14.2 Å². The lowest BCUT2D eigenvalue weighted by Crippen LogP contribution is -2.10. The fourth-order valence-corrected chi connectivity index (χ4v) is 4.73. The normalized spacial score (nSPS) is 10.6. The summed E-state index contributed by atoms with van der Waals surface area (Å²) in [5.74, 6) is 0.387. The molecule has 7 heteroatoms. The zero-order valence-electron chi connectivity index (χ0n) is 23.4. The highest BCUT2D eigenvalue weighted by Crippen LogP contribution is 2.25. The second kappa shape index (κ2) is 15.7. The maximum absolute atomic E-state index is 12.7. The van der Waals surface area contributed by atoms with Crippen molar-refractivity contribution < 1.29 is 28.6 Å². The van der Waals surface area contributed by atoms with E-state index in [2.05, 4.69) is 13.5 Å². The molecule has 0 bridgehead atoms. The van der Waals surface area contributed by atoms with E-state index in [1.54, 1.807) is 67.2 Å². The first-order valence-corrected chi connectivity index (χ1v) is 14.4. The number of carbonyl (C=O) groups is 3. The Morgan fingerprint density at radius 1 is 0.800 bits per heavy atom. The molecule has 0 amide bonds. The van der Waals surface area contributed by atoms with Gasteiger partial charge in [0.25, 0.3) is 0 Å². The summed E-state index contributed by atoms with van der Waals surface area (Å²) >= 11 is 1.69. The number of unbranched alkanes of at least 4 members (excludes halogenated alkanes) is 2. The van der Waals surface area contributed by atoms with Crippen LogP contribution in [0.15, 0.2) is 83.8 Å². The van der Waals surface area contributed by atoms with Crippen molar-refractivity contribution in [3.8, 4) is 11.5 Å². The summed E-state index contributed by atoms with van der Waals surface area (Å²) in [5, 5.41) is 0. The molecule has 0 atom stereocenters. The third-order valence-electron chi connectivity index (χ3n) is 6.04. The number of ether oxygens (including phenoxy) is 3. The molecule has 0 saturated heterocycles. The Morgan fingerprint density at radius 3 is 2.00 bits per heavy atom. The molecule has 40 heavy (non-hydrogen) atoms. The van der Waals surface area contributed by atoms with Crippen LogP contribution in [0.25, 0.3) is 0 Å². The summed E-state index contributed by atoms with van der Waals surface area (Å²) in [5.41, 5.74) is 3.40. The molecule has 3 rings (SSSR count). The molecule has 0 aliphatic carbocycles. The van der Waals surface area contributed by atoms with E-state index in [1.165, 1.54) is 5.56 Å². The van der Waals surface area contributed by atoms with Crippen LogP contribution in [0.2, 0.25) is 0 Å². The number of hydrogen-bond acceptors (Lipinski definition) is 7. The third-order valence-corrected chi connectivity index (χ3v) is 7.30. The summed E-state index contributed by atoms with van der Waals surface area (Å²) in [6.07, 6.45) is 4.93. The summed E-state index contributed by atoms with van der Waals surface area (Å²) in [7, 11) is 0. The molecule has 0 heterocycles.